The van der Waals surface area contributed by atoms with E-state index in [1.54, 1.807) is 0 Å². The normalized spacial score (nSPS) is 21.0. The average molecular weight is 302 g/mol. The summed E-state index contributed by atoms with van der Waals surface area (Å²) in [5.41, 5.74) is 0. The molecule has 0 aromatic rings. The zero-order valence-electron chi connectivity index (χ0n) is 13.4. The van der Waals surface area contributed by atoms with Gasteiger partial charge in [0.1, 0.15) is 0 Å². The van der Waals surface area contributed by atoms with Gasteiger partial charge in [0, 0.05) is 13.2 Å². The fourth-order valence-corrected chi connectivity index (χ4v) is 2.89. The summed E-state index contributed by atoms with van der Waals surface area (Å²) in [4.78, 5) is 2.36. The van der Waals surface area contributed by atoms with Crippen molar-refractivity contribution in [1.29, 1.82) is 0 Å². The highest BCUT2D eigenvalue weighted by atomic mass is 19.1. The number of aliphatic hydroxyl groups excluding tert-OH is 2. The maximum absolute atomic E-state index is 9.00. The number of halogens is 1. The number of rotatable bonds is 4. The van der Waals surface area contributed by atoms with Crippen molar-refractivity contribution in [3.05, 3.63) is 0 Å². The Morgan fingerprint density at radius 2 is 1.38 bits per heavy atom. The highest BCUT2D eigenvalue weighted by molar-refractivity contribution is 5.96. The lowest BCUT2D eigenvalue weighted by molar-refractivity contribution is 0.180. The first-order chi connectivity index (χ1) is 10.3. The molecule has 2 radical (unpaired) electrons. The minimum Gasteiger partial charge on any atom is -0.396 e. The Morgan fingerprint density at radius 3 is 1.81 bits per heavy atom. The highest BCUT2D eigenvalue weighted by Gasteiger charge is 2.15. The molecule has 2 aliphatic rings. The summed E-state index contributed by atoms with van der Waals surface area (Å²) in [5.74, 6) is 1.58. The summed E-state index contributed by atoms with van der Waals surface area (Å²) in [5, 5.41) is 20.6. The predicted molar refractivity (Wildman–Crippen MR) is 86.1 cm³/mol. The number of aliphatic hydroxyl groups is 2. The zero-order valence-corrected chi connectivity index (χ0v) is 13.4. The van der Waals surface area contributed by atoms with Crippen LogP contribution in [0.1, 0.15) is 38.5 Å². The molecule has 0 aromatic carbocycles. The maximum atomic E-state index is 9.00. The second-order valence-corrected chi connectivity index (χ2v) is 5.96. The van der Waals surface area contributed by atoms with Crippen molar-refractivity contribution in [2.45, 2.75) is 38.5 Å². The molecule has 0 aliphatic carbocycles. The standard InChI is InChI=1S/C8H17NO.C7H15NO.BF/c1-9-5-2-8(3-6-9)4-7-10;9-6-3-7-1-4-8-5-2-7;1-2/h8,10H,2-7H2,1H3;7-9H,1-6H2;. The van der Waals surface area contributed by atoms with Crippen LogP contribution >= 0.6 is 0 Å². The molecule has 21 heavy (non-hydrogen) atoms. The van der Waals surface area contributed by atoms with E-state index in [0.29, 0.717) is 13.2 Å². The Kier molecular flexibility index (Phi) is 14.6. The summed E-state index contributed by atoms with van der Waals surface area (Å²) in [6, 6.07) is 0. The number of likely N-dealkylation sites (tertiary alicyclic amines) is 1. The molecule has 3 N–H and O–H groups in total. The van der Waals surface area contributed by atoms with Gasteiger partial charge in [-0.2, -0.15) is 0 Å². The van der Waals surface area contributed by atoms with Gasteiger partial charge in [0.2, 0.25) is 0 Å². The van der Waals surface area contributed by atoms with Gasteiger partial charge in [-0.1, -0.05) is 0 Å². The SMILES string of the molecule is CN1CCC(CCO)CC1.OCCC1CCNCC1.[B]F. The molecule has 4 nitrogen and oxygen atoms in total. The number of hydrogen-bond acceptors (Lipinski definition) is 4. The highest BCUT2D eigenvalue weighted by Crippen LogP contribution is 2.18. The van der Waals surface area contributed by atoms with Crippen LogP contribution in [0.4, 0.5) is 4.32 Å². The monoisotopic (exact) mass is 302 g/mol. The van der Waals surface area contributed by atoms with Crippen LogP contribution in [-0.4, -0.2) is 69.7 Å². The fourth-order valence-electron chi connectivity index (χ4n) is 2.89. The lowest BCUT2D eigenvalue weighted by atomic mass is 9.94. The van der Waals surface area contributed by atoms with Crippen LogP contribution in [0.15, 0.2) is 0 Å². The molecule has 2 saturated heterocycles. The largest absolute Gasteiger partial charge is 0.396 e. The van der Waals surface area contributed by atoms with Crippen LogP contribution in [0.2, 0.25) is 0 Å². The second kappa shape index (κ2) is 14.8. The summed E-state index contributed by atoms with van der Waals surface area (Å²) < 4.78 is 9.00. The van der Waals surface area contributed by atoms with Gasteiger partial charge in [0.25, 0.3) is 0 Å². The van der Waals surface area contributed by atoms with Crippen LogP contribution in [0.25, 0.3) is 0 Å². The fraction of sp³-hybridized carbons (Fsp3) is 1.00. The van der Waals surface area contributed by atoms with Gasteiger partial charge < -0.3 is 24.7 Å². The Labute approximate surface area is 130 Å². The molecule has 0 saturated carbocycles. The van der Waals surface area contributed by atoms with Gasteiger partial charge in [-0.25, -0.2) is 0 Å². The van der Waals surface area contributed by atoms with Gasteiger partial charge in [0.05, 0.1) is 0 Å². The average Bonchev–Trinajstić information content (AvgIpc) is 2.54. The molecule has 2 fully saturated rings. The molecule has 0 atom stereocenters. The van der Waals surface area contributed by atoms with Gasteiger partial charge in [-0.3, -0.25) is 0 Å². The van der Waals surface area contributed by atoms with E-state index < -0.39 is 0 Å². The first-order valence-corrected chi connectivity index (χ1v) is 8.09. The molecule has 124 valence electrons. The first kappa shape index (κ1) is 20.8. The van der Waals surface area contributed by atoms with E-state index in [1.807, 2.05) is 0 Å². The molecule has 0 aromatic heterocycles. The van der Waals surface area contributed by atoms with E-state index in [4.69, 9.17) is 14.5 Å². The molecule has 6 heteroatoms. The molecule has 0 spiro atoms. The number of hydrogen-bond donors (Lipinski definition) is 3. The van der Waals surface area contributed by atoms with Crippen molar-refractivity contribution < 1.29 is 14.5 Å². The van der Waals surface area contributed by atoms with E-state index in [1.165, 1.54) is 38.8 Å². The van der Waals surface area contributed by atoms with Gasteiger partial charge in [-0.15, -0.1) is 0 Å². The van der Waals surface area contributed by atoms with Crippen molar-refractivity contribution in [3.63, 3.8) is 0 Å². The van der Waals surface area contributed by atoms with Crippen LogP contribution < -0.4 is 5.32 Å². The Balaban J connectivity index is 0.000000342. The van der Waals surface area contributed by atoms with Crippen molar-refractivity contribution in [3.8, 4) is 0 Å². The van der Waals surface area contributed by atoms with E-state index in [9.17, 15) is 0 Å². The lowest BCUT2D eigenvalue weighted by Crippen LogP contribution is -2.30. The van der Waals surface area contributed by atoms with E-state index in [0.717, 1.165) is 37.8 Å². The lowest BCUT2D eigenvalue weighted by Gasteiger charge is -2.28. The van der Waals surface area contributed by atoms with Crippen molar-refractivity contribution in [2.75, 3.05) is 46.4 Å². The number of nitrogens with one attached hydrogen (secondary N) is 1. The van der Waals surface area contributed by atoms with Crippen LogP contribution in [0, 0.1) is 11.8 Å². The maximum Gasteiger partial charge on any atom is 0.350 e. The van der Waals surface area contributed by atoms with Crippen LogP contribution in [0.3, 0.4) is 0 Å². The Bertz CT molecular complexity index is 209. The Hall–Kier alpha value is -0.165. The van der Waals surface area contributed by atoms with Gasteiger partial charge >= 0.3 is 8.12 Å². The number of piperidine rings is 2. The van der Waals surface area contributed by atoms with Crippen molar-refractivity contribution in [2.24, 2.45) is 11.8 Å². The van der Waals surface area contributed by atoms with Crippen molar-refractivity contribution >= 4 is 8.12 Å². The molecule has 2 rings (SSSR count). The van der Waals surface area contributed by atoms with Crippen LogP contribution in [0.5, 0.6) is 0 Å². The smallest absolute Gasteiger partial charge is 0.350 e. The third kappa shape index (κ3) is 11.1. The van der Waals surface area contributed by atoms with Crippen molar-refractivity contribution in [1.82, 2.24) is 10.2 Å². The minimum absolute atomic E-state index is 0.366. The summed E-state index contributed by atoms with van der Waals surface area (Å²) in [7, 11) is 5.16. The quantitative estimate of drug-likeness (QED) is 0.681. The zero-order chi connectivity index (χ0) is 15.9. The molecule has 0 bridgehead atoms. The molecular weight excluding hydrogens is 270 g/mol. The second-order valence-electron chi connectivity index (χ2n) is 5.96. The van der Waals surface area contributed by atoms with E-state index in [-0.39, 0.29) is 0 Å². The van der Waals surface area contributed by atoms with E-state index >= 15 is 0 Å². The topological polar surface area (TPSA) is 55.7 Å². The molecule has 0 amide bonds. The summed E-state index contributed by atoms with van der Waals surface area (Å²) in [6.45, 7) is 5.45. The molecule has 2 aliphatic heterocycles. The van der Waals surface area contributed by atoms with Gasteiger partial charge in [0.15, 0.2) is 0 Å². The Morgan fingerprint density at radius 1 is 0.952 bits per heavy atom. The summed E-state index contributed by atoms with van der Waals surface area (Å²) >= 11 is 0. The van der Waals surface area contributed by atoms with Gasteiger partial charge in [-0.05, 0) is 83.6 Å². The first-order valence-electron chi connectivity index (χ1n) is 8.09. The molecular formula is C15H32BFN2O2. The third-order valence-corrected chi connectivity index (χ3v) is 4.37. The summed E-state index contributed by atoms with van der Waals surface area (Å²) in [6.07, 6.45) is 7.06. The van der Waals surface area contributed by atoms with Crippen LogP contribution in [-0.2, 0) is 0 Å². The van der Waals surface area contributed by atoms with E-state index in [2.05, 4.69) is 25.4 Å². The molecule has 0 unspecified atom stereocenters. The molecule has 2 heterocycles. The number of nitrogens with zero attached hydrogens (tertiary/aromatic N) is 1. The predicted octanol–water partition coefficient (Wildman–Crippen LogP) is 1.12. The minimum atomic E-state index is 0.366. The third-order valence-electron chi connectivity index (χ3n) is 4.37.